The number of amides is 1. The summed E-state index contributed by atoms with van der Waals surface area (Å²) in [6.07, 6.45) is 1.82. The summed E-state index contributed by atoms with van der Waals surface area (Å²) in [6.45, 7) is 5.13. The Kier molecular flexibility index (Phi) is 10.6. The molecule has 10 nitrogen and oxygen atoms in total. The maximum absolute atomic E-state index is 14.3. The number of aliphatic carboxylic acids is 1. The van der Waals surface area contributed by atoms with Gasteiger partial charge in [-0.2, -0.15) is 0 Å². The Labute approximate surface area is 268 Å². The maximum atomic E-state index is 14.3. The summed E-state index contributed by atoms with van der Waals surface area (Å²) in [5.41, 5.74) is 3.47. The molecule has 2 aliphatic heterocycles. The molecular weight excluding hydrogens is 595 g/mol. The van der Waals surface area contributed by atoms with Crippen LogP contribution in [0.15, 0.2) is 48.5 Å². The van der Waals surface area contributed by atoms with Crippen molar-refractivity contribution in [1.82, 2.24) is 4.90 Å². The molecule has 0 spiro atoms. The highest BCUT2D eigenvalue weighted by molar-refractivity contribution is 5.94. The van der Waals surface area contributed by atoms with Crippen molar-refractivity contribution in [3.63, 3.8) is 0 Å². The molecule has 0 bridgehead atoms. The number of rotatable bonds is 14. The number of anilines is 1. The van der Waals surface area contributed by atoms with E-state index >= 15 is 0 Å². The molecule has 1 saturated heterocycles. The Morgan fingerprint density at radius 1 is 1.00 bits per heavy atom. The van der Waals surface area contributed by atoms with E-state index in [-0.39, 0.29) is 31.6 Å². The Hall–Kier alpha value is -4.35. The lowest BCUT2D eigenvalue weighted by molar-refractivity contribution is -0.143. The number of ether oxygens (including phenoxy) is 5. The van der Waals surface area contributed by atoms with Crippen molar-refractivity contribution in [2.24, 2.45) is 5.92 Å². The van der Waals surface area contributed by atoms with Crippen LogP contribution < -0.4 is 24.3 Å². The normalized spacial score (nSPS) is 18.8. The van der Waals surface area contributed by atoms with Gasteiger partial charge in [-0.1, -0.05) is 26.0 Å². The molecule has 0 radical (unpaired) electrons. The number of carboxylic acids is 1. The predicted molar refractivity (Wildman–Crippen MR) is 170 cm³/mol. The van der Waals surface area contributed by atoms with Crippen LogP contribution in [-0.4, -0.2) is 69.2 Å². The van der Waals surface area contributed by atoms with Crippen LogP contribution >= 0.6 is 0 Å². The number of aryl methyl sites for hydroxylation is 2. The first kappa shape index (κ1) is 33.0. The molecule has 0 aromatic heterocycles. The van der Waals surface area contributed by atoms with Gasteiger partial charge in [0.1, 0.15) is 11.6 Å². The smallest absolute Gasteiger partial charge is 0.309 e. The van der Waals surface area contributed by atoms with Crippen LogP contribution in [0.3, 0.4) is 0 Å². The fourth-order valence-electron chi connectivity index (χ4n) is 6.45. The van der Waals surface area contributed by atoms with Crippen molar-refractivity contribution in [3.05, 3.63) is 76.6 Å². The molecular formula is C35H41FN2O8. The summed E-state index contributed by atoms with van der Waals surface area (Å²) in [6, 6.07) is 13.1. The highest BCUT2D eigenvalue weighted by Crippen LogP contribution is 2.50. The lowest BCUT2D eigenvalue weighted by Crippen LogP contribution is -2.35. The van der Waals surface area contributed by atoms with Gasteiger partial charge in [0.05, 0.1) is 26.2 Å². The topological polar surface area (TPSA) is 116 Å². The first-order valence-electron chi connectivity index (χ1n) is 15.5. The minimum atomic E-state index is -0.991. The van der Waals surface area contributed by atoms with Crippen molar-refractivity contribution in [1.29, 1.82) is 0 Å². The number of likely N-dealkylation sites (tertiary alicyclic amines) is 1. The van der Waals surface area contributed by atoms with Gasteiger partial charge in [-0.3, -0.25) is 14.5 Å². The molecule has 1 fully saturated rings. The number of nitrogens with zero attached hydrogens (tertiary/aromatic N) is 1. The number of methoxy groups -OCH3 is 2. The van der Waals surface area contributed by atoms with Gasteiger partial charge in [0, 0.05) is 44.3 Å². The van der Waals surface area contributed by atoms with Crippen LogP contribution in [0.1, 0.15) is 54.5 Å². The van der Waals surface area contributed by atoms with Crippen molar-refractivity contribution < 1.29 is 42.8 Å². The Bertz CT molecular complexity index is 1520. The monoisotopic (exact) mass is 636 g/mol. The fraction of sp³-hybridized carbons (Fsp3) is 0.429. The molecule has 2 N–H and O–H groups in total. The van der Waals surface area contributed by atoms with Crippen LogP contribution in [0.4, 0.5) is 10.1 Å². The van der Waals surface area contributed by atoms with E-state index in [1.165, 1.54) is 19.2 Å². The van der Waals surface area contributed by atoms with Gasteiger partial charge in [0.15, 0.2) is 11.5 Å². The molecule has 5 rings (SSSR count). The lowest BCUT2D eigenvalue weighted by Gasteiger charge is -2.27. The Morgan fingerprint density at radius 2 is 1.72 bits per heavy atom. The van der Waals surface area contributed by atoms with Crippen molar-refractivity contribution in [2.45, 2.75) is 45.1 Å². The van der Waals surface area contributed by atoms with Gasteiger partial charge in [-0.05, 0) is 71.5 Å². The standard InChI is InChI=1S/C35H41FN2O8/c1-5-21-14-25(36)15-22(6-2)32(21)37-30(39)19-38-18-27(24-16-28(43-4)34-29(17-24)45-20-46-34)31(35(40)41)33(38)23-8-10-26(11-9-23)44-13-7-12-42-3/h8-11,14-17,27,31,33H,5-7,12-13,18-20H2,1-4H3,(H,37,39)(H,40,41)/t27-,31-,33+/m1/s1. The fourth-order valence-corrected chi connectivity index (χ4v) is 6.45. The van der Waals surface area contributed by atoms with Gasteiger partial charge in [-0.15, -0.1) is 0 Å². The van der Waals surface area contributed by atoms with Crippen molar-refractivity contribution in [3.8, 4) is 23.0 Å². The zero-order valence-electron chi connectivity index (χ0n) is 26.6. The van der Waals surface area contributed by atoms with Crippen LogP contribution in [0.25, 0.3) is 0 Å². The molecule has 3 aromatic rings. The zero-order valence-corrected chi connectivity index (χ0v) is 26.6. The van der Waals surface area contributed by atoms with Crippen LogP contribution in [-0.2, 0) is 27.2 Å². The quantitative estimate of drug-likeness (QED) is 0.219. The average Bonchev–Trinajstić information content (AvgIpc) is 3.68. The highest BCUT2D eigenvalue weighted by Gasteiger charge is 2.48. The molecule has 2 aliphatic rings. The van der Waals surface area contributed by atoms with Crippen LogP contribution in [0.2, 0.25) is 0 Å². The third-order valence-electron chi connectivity index (χ3n) is 8.61. The zero-order chi connectivity index (χ0) is 32.8. The molecule has 11 heteroatoms. The SMILES string of the molecule is CCc1cc(F)cc(CC)c1NC(=O)CN1C[C@H](c2cc(OC)c3c(c2)OCO3)[C@@H](C(=O)O)[C@@H]1c1ccc(OCCCOC)cc1. The summed E-state index contributed by atoms with van der Waals surface area (Å²) >= 11 is 0. The molecule has 2 heterocycles. The number of nitrogens with one attached hydrogen (secondary N) is 1. The first-order chi connectivity index (χ1) is 22.3. The van der Waals surface area contributed by atoms with E-state index < -0.39 is 23.8 Å². The van der Waals surface area contributed by atoms with E-state index in [1.807, 2.05) is 43.0 Å². The predicted octanol–water partition coefficient (Wildman–Crippen LogP) is 5.58. The largest absolute Gasteiger partial charge is 0.494 e. The number of halogens is 1. The maximum Gasteiger partial charge on any atom is 0.309 e. The van der Waals surface area contributed by atoms with E-state index in [0.29, 0.717) is 71.4 Å². The highest BCUT2D eigenvalue weighted by atomic mass is 19.1. The summed E-state index contributed by atoms with van der Waals surface area (Å²) < 4.78 is 41.9. The van der Waals surface area contributed by atoms with E-state index in [0.717, 1.165) is 12.0 Å². The second-order valence-electron chi connectivity index (χ2n) is 11.4. The first-order valence-corrected chi connectivity index (χ1v) is 15.5. The van der Waals surface area contributed by atoms with Gasteiger partial charge in [0.2, 0.25) is 18.4 Å². The number of carbonyl (C=O) groups is 2. The van der Waals surface area contributed by atoms with E-state index in [9.17, 15) is 19.1 Å². The number of fused-ring (bicyclic) bond motifs is 1. The van der Waals surface area contributed by atoms with Gasteiger partial charge < -0.3 is 34.1 Å². The second-order valence-corrected chi connectivity index (χ2v) is 11.4. The Balaban J connectivity index is 1.48. The van der Waals surface area contributed by atoms with Gasteiger partial charge >= 0.3 is 5.97 Å². The number of hydrogen-bond donors (Lipinski definition) is 2. The second kappa shape index (κ2) is 14.8. The molecule has 3 aromatic carbocycles. The summed E-state index contributed by atoms with van der Waals surface area (Å²) in [4.78, 5) is 28.6. The molecule has 246 valence electrons. The third kappa shape index (κ3) is 7.05. The molecule has 0 unspecified atom stereocenters. The minimum Gasteiger partial charge on any atom is -0.494 e. The van der Waals surface area contributed by atoms with Crippen molar-refractivity contribution in [2.75, 3.05) is 52.6 Å². The van der Waals surface area contributed by atoms with E-state index in [1.54, 1.807) is 19.2 Å². The van der Waals surface area contributed by atoms with Crippen LogP contribution in [0.5, 0.6) is 23.0 Å². The summed E-state index contributed by atoms with van der Waals surface area (Å²) in [5.74, 6) is -1.000. The average molecular weight is 637 g/mol. The van der Waals surface area contributed by atoms with Gasteiger partial charge in [0.25, 0.3) is 0 Å². The summed E-state index contributed by atoms with van der Waals surface area (Å²) in [7, 11) is 3.16. The third-order valence-corrected chi connectivity index (χ3v) is 8.61. The number of carbonyl (C=O) groups excluding carboxylic acids is 1. The van der Waals surface area contributed by atoms with E-state index in [4.69, 9.17) is 23.7 Å². The molecule has 1 amide bonds. The summed E-state index contributed by atoms with van der Waals surface area (Å²) in [5, 5.41) is 13.7. The molecule has 3 atom stereocenters. The number of hydrogen-bond acceptors (Lipinski definition) is 8. The van der Waals surface area contributed by atoms with Crippen molar-refractivity contribution >= 4 is 17.6 Å². The minimum absolute atomic E-state index is 0.0415. The lowest BCUT2D eigenvalue weighted by atomic mass is 9.82. The van der Waals surface area contributed by atoms with Crippen LogP contribution in [0, 0.1) is 11.7 Å². The van der Waals surface area contributed by atoms with E-state index in [2.05, 4.69) is 5.32 Å². The Morgan fingerprint density at radius 3 is 2.35 bits per heavy atom. The van der Waals surface area contributed by atoms with Gasteiger partial charge in [-0.25, -0.2) is 4.39 Å². The molecule has 46 heavy (non-hydrogen) atoms. The number of carboxylic acid groups (broad SMARTS) is 1. The molecule has 0 saturated carbocycles. The molecule has 0 aliphatic carbocycles. The number of benzene rings is 3.